The van der Waals surface area contributed by atoms with Gasteiger partial charge in [0.1, 0.15) is 11.0 Å². The van der Waals surface area contributed by atoms with E-state index in [1.807, 2.05) is 6.92 Å². The zero-order chi connectivity index (χ0) is 7.72. The van der Waals surface area contributed by atoms with Crippen LogP contribution in [0.4, 0.5) is 5.82 Å². The normalized spacial score (nSPS) is 9.90. The molecule has 0 unspecified atom stereocenters. The van der Waals surface area contributed by atoms with Gasteiger partial charge in [-0.3, -0.25) is 0 Å². The van der Waals surface area contributed by atoms with E-state index in [1.165, 1.54) is 0 Å². The average molecular weight is 268 g/mol. The molecule has 1 aromatic heterocycles. The van der Waals surface area contributed by atoms with Crippen molar-refractivity contribution in [3.8, 4) is 0 Å². The van der Waals surface area contributed by atoms with Crippen molar-refractivity contribution in [1.29, 1.82) is 0 Å². The zero-order valence-corrected chi connectivity index (χ0v) is 8.27. The molecule has 0 bridgehead atoms. The molecular weight excluding hydrogens is 262 g/mol. The minimum atomic E-state index is 0.475. The zero-order valence-electron chi connectivity index (χ0n) is 5.36. The molecule has 0 radical (unpaired) electrons. The number of rotatable bonds is 0. The monoisotopic (exact) mass is 268 g/mol. The van der Waals surface area contributed by atoms with Crippen LogP contribution < -0.4 is 5.73 Å². The maximum Gasteiger partial charge on any atom is 0.145 e. The molecule has 10 heavy (non-hydrogen) atoms. The second kappa shape index (κ2) is 2.92. The first-order valence-corrected chi connectivity index (χ1v) is 4.15. The van der Waals surface area contributed by atoms with E-state index in [2.05, 4.69) is 27.6 Å². The van der Waals surface area contributed by atoms with Gasteiger partial charge in [-0.2, -0.15) is 0 Å². The van der Waals surface area contributed by atoms with Gasteiger partial charge < -0.3 is 5.73 Å². The van der Waals surface area contributed by atoms with Gasteiger partial charge in [-0.15, -0.1) is 0 Å². The summed E-state index contributed by atoms with van der Waals surface area (Å²) in [5.74, 6) is 0.475. The number of pyridine rings is 1. The van der Waals surface area contributed by atoms with E-state index in [-0.39, 0.29) is 0 Å². The van der Waals surface area contributed by atoms with E-state index in [0.29, 0.717) is 11.0 Å². The van der Waals surface area contributed by atoms with Crippen LogP contribution in [0.2, 0.25) is 5.15 Å². The van der Waals surface area contributed by atoms with Gasteiger partial charge >= 0.3 is 0 Å². The predicted octanol–water partition coefficient (Wildman–Crippen LogP) is 2.23. The third kappa shape index (κ3) is 1.52. The minimum Gasteiger partial charge on any atom is -0.384 e. The molecule has 0 spiro atoms. The number of hydrogen-bond acceptors (Lipinski definition) is 2. The fourth-order valence-corrected chi connectivity index (χ4v) is 1.17. The molecule has 0 aliphatic heterocycles. The fraction of sp³-hybridized carbons (Fsp3) is 0.167. The highest BCUT2D eigenvalue weighted by atomic mass is 127. The quantitative estimate of drug-likeness (QED) is 0.579. The summed E-state index contributed by atoms with van der Waals surface area (Å²) in [6.07, 6.45) is 0. The summed E-state index contributed by atoms with van der Waals surface area (Å²) < 4.78 is 0.966. The molecule has 0 amide bonds. The molecule has 1 aromatic rings. The Morgan fingerprint density at radius 1 is 1.70 bits per heavy atom. The lowest BCUT2D eigenvalue weighted by molar-refractivity contribution is 1.27. The summed E-state index contributed by atoms with van der Waals surface area (Å²) in [5, 5.41) is 0.484. The van der Waals surface area contributed by atoms with Crippen molar-refractivity contribution in [2.75, 3.05) is 5.73 Å². The Kier molecular flexibility index (Phi) is 2.36. The van der Waals surface area contributed by atoms with E-state index < -0.39 is 0 Å². The van der Waals surface area contributed by atoms with Crippen LogP contribution in [0.3, 0.4) is 0 Å². The van der Waals surface area contributed by atoms with E-state index in [0.717, 1.165) is 9.13 Å². The number of aryl methyl sites for hydroxylation is 1. The number of halogens is 2. The molecule has 2 N–H and O–H groups in total. The largest absolute Gasteiger partial charge is 0.384 e. The van der Waals surface area contributed by atoms with Gasteiger partial charge in [-0.25, -0.2) is 4.98 Å². The summed E-state index contributed by atoms with van der Waals surface area (Å²) in [6, 6.07) is 1.80. The second-order valence-electron chi connectivity index (χ2n) is 1.97. The van der Waals surface area contributed by atoms with Crippen LogP contribution in [0.25, 0.3) is 0 Å². The number of nitrogens with zero attached hydrogens (tertiary/aromatic N) is 1. The molecule has 0 aliphatic carbocycles. The van der Waals surface area contributed by atoms with Crippen molar-refractivity contribution in [3.05, 3.63) is 20.4 Å². The van der Waals surface area contributed by atoms with Crippen molar-refractivity contribution in [2.24, 2.45) is 0 Å². The molecule has 0 fully saturated rings. The van der Waals surface area contributed by atoms with Gasteiger partial charge in [-0.05, 0) is 41.1 Å². The summed E-state index contributed by atoms with van der Waals surface area (Å²) in [4.78, 5) is 3.87. The highest BCUT2D eigenvalue weighted by Crippen LogP contribution is 2.20. The maximum absolute atomic E-state index is 5.72. The lowest BCUT2D eigenvalue weighted by Crippen LogP contribution is -1.93. The first-order chi connectivity index (χ1) is 4.61. The van der Waals surface area contributed by atoms with E-state index >= 15 is 0 Å². The van der Waals surface area contributed by atoms with Crippen LogP contribution >= 0.6 is 34.2 Å². The molecule has 2 nitrogen and oxygen atoms in total. The number of anilines is 1. The molecule has 4 heteroatoms. The number of nitrogens with two attached hydrogens (primary N) is 1. The number of hydrogen-bond donors (Lipinski definition) is 1. The Bertz CT molecular complexity index is 239. The van der Waals surface area contributed by atoms with Gasteiger partial charge in [-0.1, -0.05) is 11.6 Å². The third-order valence-corrected chi connectivity index (χ3v) is 3.07. The first-order valence-electron chi connectivity index (χ1n) is 2.69. The Hall–Kier alpha value is -0.0300. The van der Waals surface area contributed by atoms with E-state index in [4.69, 9.17) is 17.3 Å². The van der Waals surface area contributed by atoms with Crippen LogP contribution in [-0.4, -0.2) is 4.98 Å². The Balaban J connectivity index is 3.31. The van der Waals surface area contributed by atoms with Crippen molar-refractivity contribution < 1.29 is 0 Å². The van der Waals surface area contributed by atoms with Crippen molar-refractivity contribution in [3.63, 3.8) is 0 Å². The standard InChI is InChI=1S/C6H6ClIN2/c1-3-2-4(9)10-6(7)5(3)8/h2H,1H3,(H2,9,10). The van der Waals surface area contributed by atoms with Crippen LogP contribution in [0.5, 0.6) is 0 Å². The molecule has 1 rings (SSSR count). The lowest BCUT2D eigenvalue weighted by Gasteiger charge is -2.00. The highest BCUT2D eigenvalue weighted by Gasteiger charge is 2.01. The van der Waals surface area contributed by atoms with Gasteiger partial charge in [0, 0.05) is 0 Å². The lowest BCUT2D eigenvalue weighted by atomic mass is 10.3. The molecule has 0 atom stereocenters. The molecule has 0 aliphatic rings. The van der Waals surface area contributed by atoms with Crippen LogP contribution in [0.15, 0.2) is 6.07 Å². The Morgan fingerprint density at radius 2 is 2.30 bits per heavy atom. The number of aromatic nitrogens is 1. The second-order valence-corrected chi connectivity index (χ2v) is 3.41. The van der Waals surface area contributed by atoms with Crippen molar-refractivity contribution in [2.45, 2.75) is 6.92 Å². The molecule has 0 saturated carbocycles. The smallest absolute Gasteiger partial charge is 0.145 e. The van der Waals surface area contributed by atoms with Gasteiger partial charge in [0.2, 0.25) is 0 Å². The van der Waals surface area contributed by atoms with Gasteiger partial charge in [0.15, 0.2) is 0 Å². The molecular formula is C6H6ClIN2. The molecule has 54 valence electrons. The summed E-state index contributed by atoms with van der Waals surface area (Å²) in [5.41, 5.74) is 6.50. The Labute approximate surface area is 77.9 Å². The Morgan fingerprint density at radius 3 is 2.80 bits per heavy atom. The average Bonchev–Trinajstić information content (AvgIpc) is 1.82. The highest BCUT2D eigenvalue weighted by molar-refractivity contribution is 14.1. The third-order valence-electron chi connectivity index (χ3n) is 1.12. The van der Waals surface area contributed by atoms with Crippen molar-refractivity contribution >= 4 is 40.0 Å². The molecule has 1 heterocycles. The first kappa shape index (κ1) is 8.07. The summed E-state index contributed by atoms with van der Waals surface area (Å²) in [6.45, 7) is 1.95. The molecule has 0 saturated heterocycles. The molecule has 0 aromatic carbocycles. The van der Waals surface area contributed by atoms with Crippen LogP contribution in [0, 0.1) is 10.5 Å². The van der Waals surface area contributed by atoms with Crippen LogP contribution in [-0.2, 0) is 0 Å². The summed E-state index contributed by atoms with van der Waals surface area (Å²) in [7, 11) is 0. The number of nitrogen functional groups attached to an aromatic ring is 1. The van der Waals surface area contributed by atoms with Gasteiger partial charge in [0.25, 0.3) is 0 Å². The predicted molar refractivity (Wildman–Crippen MR) is 51.1 cm³/mol. The summed E-state index contributed by atoms with van der Waals surface area (Å²) >= 11 is 7.86. The topological polar surface area (TPSA) is 38.9 Å². The van der Waals surface area contributed by atoms with E-state index in [1.54, 1.807) is 6.07 Å². The van der Waals surface area contributed by atoms with Crippen molar-refractivity contribution in [1.82, 2.24) is 4.98 Å². The maximum atomic E-state index is 5.72. The minimum absolute atomic E-state index is 0.475. The van der Waals surface area contributed by atoms with Crippen LogP contribution in [0.1, 0.15) is 5.56 Å². The SMILES string of the molecule is Cc1cc(N)nc(Cl)c1I. The fourth-order valence-electron chi connectivity index (χ4n) is 0.643. The van der Waals surface area contributed by atoms with Gasteiger partial charge in [0.05, 0.1) is 3.57 Å². The van der Waals surface area contributed by atoms with E-state index in [9.17, 15) is 0 Å².